The second-order valence-electron chi connectivity index (χ2n) is 4.59. The summed E-state index contributed by atoms with van der Waals surface area (Å²) in [7, 11) is 0. The Hall–Kier alpha value is -2.53. The molecule has 24 heavy (non-hydrogen) atoms. The van der Waals surface area contributed by atoms with Crippen molar-refractivity contribution in [1.82, 2.24) is 19.6 Å². The van der Waals surface area contributed by atoms with Crippen molar-refractivity contribution in [3.63, 3.8) is 0 Å². The Morgan fingerprint density at radius 2 is 2.08 bits per heavy atom. The third-order valence-corrected chi connectivity index (χ3v) is 4.16. The number of halogens is 2. The topological polar surface area (TPSA) is 126 Å². The lowest BCUT2D eigenvalue weighted by Gasteiger charge is -2.03. The molecule has 2 aromatic heterocycles. The fourth-order valence-corrected chi connectivity index (χ4v) is 3.29. The Morgan fingerprint density at radius 3 is 2.79 bits per heavy atom. The fourth-order valence-electron chi connectivity index (χ4n) is 2.03. The molecule has 0 radical (unpaired) electrons. The number of aromatic amines is 1. The molecule has 0 spiro atoms. The van der Waals surface area contributed by atoms with E-state index in [1.165, 1.54) is 18.5 Å². The van der Waals surface area contributed by atoms with Crippen LogP contribution in [0.15, 0.2) is 32.2 Å². The lowest BCUT2D eigenvalue weighted by molar-refractivity contribution is -0.386. The average molecular weight is 457 g/mol. The summed E-state index contributed by atoms with van der Waals surface area (Å²) < 4.78 is 2.02. The molecule has 11 heteroatoms. The Labute approximate surface area is 150 Å². The Balaban J connectivity index is 2.18. The number of hydrogen-bond acceptors (Lipinski definition) is 6. The van der Waals surface area contributed by atoms with E-state index in [4.69, 9.17) is 0 Å². The molecule has 0 aliphatic carbocycles. The van der Waals surface area contributed by atoms with Crippen molar-refractivity contribution in [2.45, 2.75) is 0 Å². The van der Waals surface area contributed by atoms with Gasteiger partial charge in [0.25, 0.3) is 5.78 Å². The predicted molar refractivity (Wildman–Crippen MR) is 92.7 cm³/mol. The summed E-state index contributed by atoms with van der Waals surface area (Å²) >= 11 is 6.48. The summed E-state index contributed by atoms with van der Waals surface area (Å²) in [4.78, 5) is 30.4. The van der Waals surface area contributed by atoms with Crippen LogP contribution >= 0.6 is 31.9 Å². The maximum atomic E-state index is 12.2. The van der Waals surface area contributed by atoms with Crippen LogP contribution in [0.4, 0.5) is 5.69 Å². The van der Waals surface area contributed by atoms with E-state index in [2.05, 4.69) is 46.9 Å². The number of nitrogens with one attached hydrogen (secondary N) is 1. The monoisotopic (exact) mass is 455 g/mol. The first-order valence-corrected chi connectivity index (χ1v) is 7.93. The van der Waals surface area contributed by atoms with E-state index in [0.29, 0.717) is 14.5 Å². The normalized spacial score (nSPS) is 11.4. The molecule has 1 aromatic carbocycles. The number of nitrogens with zero attached hydrogens (tertiary/aromatic N) is 4. The predicted octanol–water partition coefficient (Wildman–Crippen LogP) is 2.73. The first kappa shape index (κ1) is 16.3. The zero-order valence-electron chi connectivity index (χ0n) is 11.6. The van der Waals surface area contributed by atoms with Crippen molar-refractivity contribution in [3.8, 4) is 5.75 Å². The lowest BCUT2D eigenvalue weighted by Crippen LogP contribution is -2.20. The minimum atomic E-state index is -0.873. The molecule has 0 unspecified atom stereocenters. The summed E-state index contributed by atoms with van der Waals surface area (Å²) in [6.07, 6.45) is 3.91. The summed E-state index contributed by atoms with van der Waals surface area (Å²) in [5, 5.41) is 23.7. The summed E-state index contributed by atoms with van der Waals surface area (Å²) in [6.45, 7) is 0. The highest BCUT2D eigenvalue weighted by atomic mass is 79.9. The van der Waals surface area contributed by atoms with Gasteiger partial charge in [0.2, 0.25) is 0 Å². The van der Waals surface area contributed by atoms with Gasteiger partial charge in [-0.1, -0.05) is 15.9 Å². The van der Waals surface area contributed by atoms with Gasteiger partial charge >= 0.3 is 11.2 Å². The van der Waals surface area contributed by atoms with Gasteiger partial charge in [0, 0.05) is 10.0 Å². The number of fused-ring (bicyclic) bond motifs is 1. The number of H-pyrrole nitrogens is 1. The zero-order valence-corrected chi connectivity index (χ0v) is 14.8. The molecule has 0 bridgehead atoms. The van der Waals surface area contributed by atoms with E-state index >= 15 is 0 Å². The quantitative estimate of drug-likeness (QED) is 0.460. The van der Waals surface area contributed by atoms with E-state index in [1.807, 2.05) is 0 Å². The number of nitro groups is 1. The number of phenolic OH excluding ortho intramolecular Hbond substituents is 1. The van der Waals surface area contributed by atoms with Crippen LogP contribution < -0.4 is 5.56 Å². The van der Waals surface area contributed by atoms with Crippen LogP contribution in [0.5, 0.6) is 5.75 Å². The maximum Gasteiger partial charge on any atom is 0.361 e. The molecule has 0 saturated carbocycles. The molecule has 9 nitrogen and oxygen atoms in total. The van der Waals surface area contributed by atoms with Crippen LogP contribution in [0.2, 0.25) is 0 Å². The van der Waals surface area contributed by atoms with Crippen molar-refractivity contribution in [1.29, 1.82) is 0 Å². The van der Waals surface area contributed by atoms with Gasteiger partial charge in [-0.15, -0.1) is 0 Å². The van der Waals surface area contributed by atoms with E-state index in [0.717, 1.165) is 4.52 Å². The van der Waals surface area contributed by atoms with Crippen LogP contribution in [0, 0.1) is 10.1 Å². The van der Waals surface area contributed by atoms with Crippen molar-refractivity contribution in [3.05, 3.63) is 59.1 Å². The summed E-state index contributed by atoms with van der Waals surface area (Å²) in [6, 6.07) is 3.26. The minimum Gasteiger partial charge on any atom is -0.506 e. The zero-order chi connectivity index (χ0) is 17.4. The molecule has 0 fully saturated rings. The van der Waals surface area contributed by atoms with Crippen molar-refractivity contribution < 1.29 is 10.0 Å². The highest BCUT2D eigenvalue weighted by Crippen LogP contribution is 2.33. The summed E-state index contributed by atoms with van der Waals surface area (Å²) in [5.74, 6) is -0.0421. The minimum absolute atomic E-state index is 0.00453. The summed E-state index contributed by atoms with van der Waals surface area (Å²) in [5.41, 5.74) is -1.34. The Morgan fingerprint density at radius 1 is 1.33 bits per heavy atom. The van der Waals surface area contributed by atoms with Gasteiger partial charge in [0.05, 0.1) is 9.40 Å². The highest BCUT2D eigenvalue weighted by molar-refractivity contribution is 9.11. The molecule has 0 atom stereocenters. The van der Waals surface area contributed by atoms with E-state index in [9.17, 15) is 20.0 Å². The number of aromatic nitrogens is 4. The number of rotatable bonds is 3. The molecular formula is C13H7Br2N5O4. The first-order valence-electron chi connectivity index (χ1n) is 6.35. The molecule has 122 valence electrons. The van der Waals surface area contributed by atoms with Crippen LogP contribution in [-0.2, 0) is 0 Å². The molecule has 0 aliphatic heterocycles. The second-order valence-corrected chi connectivity index (χ2v) is 6.36. The molecule has 0 saturated heterocycles. The molecule has 2 N–H and O–H groups in total. The van der Waals surface area contributed by atoms with E-state index in [-0.39, 0.29) is 17.2 Å². The van der Waals surface area contributed by atoms with Gasteiger partial charge < -0.3 is 5.11 Å². The van der Waals surface area contributed by atoms with Gasteiger partial charge in [-0.05, 0) is 40.2 Å². The van der Waals surface area contributed by atoms with Gasteiger partial charge in [0.1, 0.15) is 12.1 Å². The number of benzene rings is 1. The second kappa shape index (κ2) is 6.17. The van der Waals surface area contributed by atoms with E-state index in [1.54, 1.807) is 12.1 Å². The molecular weight excluding hydrogens is 450 g/mol. The van der Waals surface area contributed by atoms with Crippen molar-refractivity contribution in [2.24, 2.45) is 0 Å². The van der Waals surface area contributed by atoms with Crippen LogP contribution in [0.25, 0.3) is 17.9 Å². The smallest absolute Gasteiger partial charge is 0.361 e. The van der Waals surface area contributed by atoms with Gasteiger partial charge in [-0.25, -0.2) is 9.97 Å². The maximum absolute atomic E-state index is 12.2. The number of aromatic hydroxyl groups is 1. The molecule has 0 aliphatic rings. The van der Waals surface area contributed by atoms with Crippen LogP contribution in [0.1, 0.15) is 11.3 Å². The van der Waals surface area contributed by atoms with Gasteiger partial charge in [-0.2, -0.15) is 4.52 Å². The lowest BCUT2D eigenvalue weighted by atomic mass is 10.1. The Bertz CT molecular complexity index is 1060. The first-order chi connectivity index (χ1) is 11.4. The van der Waals surface area contributed by atoms with Crippen molar-refractivity contribution in [2.75, 3.05) is 0 Å². The molecule has 3 rings (SSSR count). The largest absolute Gasteiger partial charge is 0.506 e. The van der Waals surface area contributed by atoms with Crippen LogP contribution in [0.3, 0.4) is 0 Å². The number of hydrogen-bond donors (Lipinski definition) is 2. The third-order valence-electron chi connectivity index (χ3n) is 3.10. The molecule has 2 heterocycles. The Kier molecular flexibility index (Phi) is 4.20. The highest BCUT2D eigenvalue weighted by Gasteiger charge is 2.22. The standard InChI is InChI=1S/C13H7Br2N5O4/c14-7-3-6(11(21)8(15)4-7)1-2-9-10(20(23)24)12(22)19-13(18-9)16-5-17-19/h1-5,21H,(H,16,17,18). The molecule has 3 aromatic rings. The van der Waals surface area contributed by atoms with Crippen molar-refractivity contribution >= 4 is 55.5 Å². The van der Waals surface area contributed by atoms with Crippen LogP contribution in [-0.4, -0.2) is 29.6 Å². The number of phenols is 1. The van der Waals surface area contributed by atoms with Gasteiger partial charge in [-0.3, -0.25) is 20.0 Å². The average Bonchev–Trinajstić information content (AvgIpc) is 2.97. The third kappa shape index (κ3) is 2.83. The fraction of sp³-hybridized carbons (Fsp3) is 0. The molecule has 0 amide bonds. The van der Waals surface area contributed by atoms with E-state index < -0.39 is 16.2 Å². The SMILES string of the molecule is O=c1c([N+](=O)[O-])c(C=Cc2cc(Br)cc(Br)c2O)nc2nc[nH]n12. The van der Waals surface area contributed by atoms with Gasteiger partial charge in [0.15, 0.2) is 5.69 Å².